The number of para-hydroxylation sites is 2. The molecule has 4 aromatic rings. The molecule has 8 heteroatoms. The van der Waals surface area contributed by atoms with Gasteiger partial charge < -0.3 is 4.74 Å². The van der Waals surface area contributed by atoms with Crippen molar-refractivity contribution in [1.29, 1.82) is 0 Å². The van der Waals surface area contributed by atoms with Crippen LogP contribution >= 0.6 is 0 Å². The lowest BCUT2D eigenvalue weighted by Gasteiger charge is -2.13. The van der Waals surface area contributed by atoms with Crippen LogP contribution in [-0.2, 0) is 16.4 Å². The highest BCUT2D eigenvalue weighted by atomic mass is 32.2. The van der Waals surface area contributed by atoms with Gasteiger partial charge in [-0.05, 0) is 49.2 Å². The molecule has 0 spiro atoms. The standard InChI is InChI=1S/C22H20N4O3S/c27-30(28,18-11-2-1-3-12-18)26-21-22(25-20-14-5-4-13-19(20)24-21)29-16-8-10-17-9-6-7-15-23-17/h1-7,9,11-15H,8,10,16H2,(H,24,26). The van der Waals surface area contributed by atoms with Crippen LogP contribution in [0.25, 0.3) is 11.0 Å². The third kappa shape index (κ3) is 4.72. The third-order valence-corrected chi connectivity index (χ3v) is 5.72. The minimum absolute atomic E-state index is 0.0652. The number of ether oxygens (including phenoxy) is 1. The molecule has 0 atom stereocenters. The highest BCUT2D eigenvalue weighted by molar-refractivity contribution is 7.92. The Labute approximate surface area is 174 Å². The number of hydrogen-bond donors (Lipinski definition) is 1. The Morgan fingerprint density at radius 1 is 0.833 bits per heavy atom. The van der Waals surface area contributed by atoms with Gasteiger partial charge in [0.25, 0.3) is 15.9 Å². The first-order valence-electron chi connectivity index (χ1n) is 9.49. The summed E-state index contributed by atoms with van der Waals surface area (Å²) in [6, 6.07) is 21.1. The van der Waals surface area contributed by atoms with Crippen molar-refractivity contribution in [3.63, 3.8) is 0 Å². The molecule has 0 unspecified atom stereocenters. The maximum atomic E-state index is 12.8. The number of nitrogens with one attached hydrogen (secondary N) is 1. The van der Waals surface area contributed by atoms with Crippen LogP contribution in [0.15, 0.2) is 83.9 Å². The van der Waals surface area contributed by atoms with Gasteiger partial charge in [0, 0.05) is 11.9 Å². The van der Waals surface area contributed by atoms with Crippen LogP contribution < -0.4 is 9.46 Å². The van der Waals surface area contributed by atoms with Crippen LogP contribution in [0.5, 0.6) is 5.88 Å². The van der Waals surface area contributed by atoms with Crippen LogP contribution in [-0.4, -0.2) is 30.0 Å². The average molecular weight is 420 g/mol. The molecule has 4 rings (SSSR count). The fraction of sp³-hybridized carbons (Fsp3) is 0.136. The number of aryl methyl sites for hydroxylation is 1. The van der Waals surface area contributed by atoms with E-state index in [1.165, 1.54) is 12.1 Å². The van der Waals surface area contributed by atoms with E-state index in [0.717, 1.165) is 12.1 Å². The Morgan fingerprint density at radius 2 is 1.53 bits per heavy atom. The minimum Gasteiger partial charge on any atom is -0.475 e. The number of anilines is 1. The molecule has 7 nitrogen and oxygen atoms in total. The zero-order valence-corrected chi connectivity index (χ0v) is 16.9. The molecular formula is C22H20N4O3S. The maximum Gasteiger partial charge on any atom is 0.263 e. The molecular weight excluding hydrogens is 400 g/mol. The summed E-state index contributed by atoms with van der Waals surface area (Å²) < 4.78 is 33.9. The lowest BCUT2D eigenvalue weighted by Crippen LogP contribution is -2.16. The van der Waals surface area contributed by atoms with Crippen molar-refractivity contribution in [2.24, 2.45) is 0 Å². The molecule has 152 valence electrons. The number of pyridine rings is 1. The largest absolute Gasteiger partial charge is 0.475 e. The van der Waals surface area contributed by atoms with Gasteiger partial charge in [0.15, 0.2) is 0 Å². The summed E-state index contributed by atoms with van der Waals surface area (Å²) in [7, 11) is -3.82. The molecule has 0 bridgehead atoms. The van der Waals surface area contributed by atoms with Gasteiger partial charge in [0.1, 0.15) is 0 Å². The quantitative estimate of drug-likeness (QED) is 0.435. The van der Waals surface area contributed by atoms with E-state index >= 15 is 0 Å². The monoisotopic (exact) mass is 420 g/mol. The summed E-state index contributed by atoms with van der Waals surface area (Å²) in [6.07, 6.45) is 3.20. The number of aromatic nitrogens is 3. The summed E-state index contributed by atoms with van der Waals surface area (Å²) in [5.41, 5.74) is 2.17. The zero-order valence-electron chi connectivity index (χ0n) is 16.1. The van der Waals surface area contributed by atoms with Gasteiger partial charge in [-0.1, -0.05) is 36.4 Å². The molecule has 0 amide bonds. The van der Waals surface area contributed by atoms with Crippen molar-refractivity contribution in [2.75, 3.05) is 11.3 Å². The molecule has 2 aromatic carbocycles. The second kappa shape index (κ2) is 8.87. The van der Waals surface area contributed by atoms with Gasteiger partial charge >= 0.3 is 0 Å². The minimum atomic E-state index is -3.82. The topological polar surface area (TPSA) is 94.1 Å². The molecule has 0 aliphatic carbocycles. The van der Waals surface area contributed by atoms with Crippen LogP contribution in [0, 0.1) is 0 Å². The number of hydrogen-bond acceptors (Lipinski definition) is 6. The zero-order chi connectivity index (χ0) is 20.8. The van der Waals surface area contributed by atoms with E-state index in [4.69, 9.17) is 4.74 Å². The Balaban J connectivity index is 1.56. The van der Waals surface area contributed by atoms with Crippen molar-refractivity contribution in [1.82, 2.24) is 15.0 Å². The third-order valence-electron chi connectivity index (χ3n) is 4.37. The highest BCUT2D eigenvalue weighted by Gasteiger charge is 2.19. The predicted molar refractivity (Wildman–Crippen MR) is 115 cm³/mol. The molecule has 0 aliphatic heterocycles. The van der Waals surface area contributed by atoms with Gasteiger partial charge in [0.2, 0.25) is 5.82 Å². The lowest BCUT2D eigenvalue weighted by molar-refractivity contribution is 0.300. The number of rotatable bonds is 8. The number of fused-ring (bicyclic) bond motifs is 1. The van der Waals surface area contributed by atoms with Crippen molar-refractivity contribution in [3.8, 4) is 5.88 Å². The van der Waals surface area contributed by atoms with Crippen LogP contribution in [0.1, 0.15) is 12.1 Å². The summed E-state index contributed by atoms with van der Waals surface area (Å²) in [6.45, 7) is 0.351. The van der Waals surface area contributed by atoms with Crippen molar-refractivity contribution >= 4 is 26.9 Å². The number of nitrogens with zero attached hydrogens (tertiary/aromatic N) is 3. The summed E-state index contributed by atoms with van der Waals surface area (Å²) in [5.74, 6) is 0.213. The Kier molecular flexibility index (Phi) is 5.85. The summed E-state index contributed by atoms with van der Waals surface area (Å²) in [4.78, 5) is 13.3. The van der Waals surface area contributed by atoms with E-state index in [2.05, 4.69) is 19.7 Å². The van der Waals surface area contributed by atoms with Gasteiger partial charge in [-0.25, -0.2) is 18.4 Å². The van der Waals surface area contributed by atoms with Crippen LogP contribution in [0.2, 0.25) is 0 Å². The normalized spacial score (nSPS) is 11.3. The molecule has 0 saturated heterocycles. The fourth-order valence-corrected chi connectivity index (χ4v) is 3.93. The van der Waals surface area contributed by atoms with E-state index in [-0.39, 0.29) is 16.6 Å². The second-order valence-electron chi connectivity index (χ2n) is 6.56. The van der Waals surface area contributed by atoms with Crippen molar-refractivity contribution in [2.45, 2.75) is 17.7 Å². The molecule has 0 radical (unpaired) electrons. The smallest absolute Gasteiger partial charge is 0.263 e. The first-order valence-corrected chi connectivity index (χ1v) is 11.0. The summed E-state index contributed by atoms with van der Waals surface area (Å²) >= 11 is 0. The fourth-order valence-electron chi connectivity index (χ4n) is 2.90. The Morgan fingerprint density at radius 3 is 2.27 bits per heavy atom. The molecule has 30 heavy (non-hydrogen) atoms. The molecule has 0 saturated carbocycles. The van der Waals surface area contributed by atoms with Gasteiger partial charge in [-0.2, -0.15) is 0 Å². The van der Waals surface area contributed by atoms with E-state index < -0.39 is 10.0 Å². The maximum absolute atomic E-state index is 12.8. The SMILES string of the molecule is O=S(=O)(Nc1nc2ccccc2nc1OCCCc1ccccn1)c1ccccc1. The van der Waals surface area contributed by atoms with Gasteiger partial charge in [-0.3, -0.25) is 9.71 Å². The Hall–Kier alpha value is -3.52. The van der Waals surface area contributed by atoms with Crippen molar-refractivity contribution < 1.29 is 13.2 Å². The molecule has 2 heterocycles. The number of benzene rings is 2. The Bertz CT molecular complexity index is 1230. The molecule has 0 fully saturated rings. The van der Waals surface area contributed by atoms with E-state index in [1.54, 1.807) is 36.5 Å². The number of sulfonamides is 1. The van der Waals surface area contributed by atoms with Gasteiger partial charge in [-0.15, -0.1) is 0 Å². The van der Waals surface area contributed by atoms with E-state index in [0.29, 0.717) is 24.1 Å². The molecule has 2 aromatic heterocycles. The highest BCUT2D eigenvalue weighted by Crippen LogP contribution is 2.26. The molecule has 0 aliphatic rings. The first kappa shape index (κ1) is 19.8. The van der Waals surface area contributed by atoms with Crippen LogP contribution in [0.3, 0.4) is 0 Å². The lowest BCUT2D eigenvalue weighted by atomic mass is 10.2. The first-order chi connectivity index (χ1) is 14.6. The average Bonchev–Trinajstić information content (AvgIpc) is 2.78. The molecule has 1 N–H and O–H groups in total. The van der Waals surface area contributed by atoms with Crippen LogP contribution in [0.4, 0.5) is 5.82 Å². The van der Waals surface area contributed by atoms with E-state index in [1.807, 2.05) is 30.3 Å². The second-order valence-corrected chi connectivity index (χ2v) is 8.24. The summed E-state index contributed by atoms with van der Waals surface area (Å²) in [5, 5.41) is 0. The van der Waals surface area contributed by atoms with E-state index in [9.17, 15) is 8.42 Å². The van der Waals surface area contributed by atoms with Crippen molar-refractivity contribution in [3.05, 3.63) is 84.7 Å². The van der Waals surface area contributed by atoms with Gasteiger partial charge in [0.05, 0.1) is 22.5 Å². The predicted octanol–water partition coefficient (Wildman–Crippen LogP) is 3.84.